The summed E-state index contributed by atoms with van der Waals surface area (Å²) in [6, 6.07) is 0. The van der Waals surface area contributed by atoms with Crippen molar-refractivity contribution in [3.63, 3.8) is 0 Å². The molecule has 92 valence electrons. The number of nitrogens with one attached hydrogen (secondary N) is 2. The molecular weight excluding hydrogens is 204 g/mol. The van der Waals surface area contributed by atoms with E-state index in [1.807, 2.05) is 0 Å². The van der Waals surface area contributed by atoms with E-state index in [1.165, 1.54) is 0 Å². The Morgan fingerprint density at radius 3 is 2.94 bits per heavy atom. The Morgan fingerprint density at radius 2 is 2.38 bits per heavy atom. The second kappa shape index (κ2) is 4.72. The molecule has 3 unspecified atom stereocenters. The molecule has 0 aromatic carbocycles. The zero-order valence-corrected chi connectivity index (χ0v) is 10.2. The van der Waals surface area contributed by atoms with Crippen LogP contribution >= 0.6 is 0 Å². The van der Waals surface area contributed by atoms with Crippen molar-refractivity contribution in [3.05, 3.63) is 0 Å². The molecule has 2 aliphatic heterocycles. The van der Waals surface area contributed by atoms with E-state index in [9.17, 15) is 4.79 Å². The zero-order chi connectivity index (χ0) is 11.6. The second-order valence-electron chi connectivity index (χ2n) is 5.36. The number of carbonyl (C=O) groups is 1. The Labute approximate surface area is 97.1 Å². The minimum Gasteiger partial charge on any atom is -0.373 e. The van der Waals surface area contributed by atoms with Gasteiger partial charge in [-0.25, -0.2) is 0 Å². The van der Waals surface area contributed by atoms with Crippen LogP contribution in [0.3, 0.4) is 0 Å². The van der Waals surface area contributed by atoms with Gasteiger partial charge >= 0.3 is 0 Å². The Morgan fingerprint density at radius 1 is 1.56 bits per heavy atom. The first-order chi connectivity index (χ1) is 7.61. The van der Waals surface area contributed by atoms with Gasteiger partial charge in [0.25, 0.3) is 0 Å². The van der Waals surface area contributed by atoms with Crippen LogP contribution in [-0.4, -0.2) is 37.7 Å². The highest BCUT2D eigenvalue weighted by Gasteiger charge is 2.33. The first-order valence-corrected chi connectivity index (χ1v) is 6.23. The molecule has 0 aliphatic carbocycles. The highest BCUT2D eigenvalue weighted by Crippen LogP contribution is 2.24. The molecular formula is C12H22N2O2. The number of amides is 1. The fourth-order valence-corrected chi connectivity index (χ4v) is 2.54. The molecule has 2 N–H and O–H groups in total. The smallest absolute Gasteiger partial charge is 0.224 e. The average Bonchev–Trinajstić information content (AvgIpc) is 2.85. The molecule has 16 heavy (non-hydrogen) atoms. The standard InChI is InChI=1S/C12H22N2O2/c1-9-6-13-7-10(9)11(15)14-8-12(2)4-3-5-16-12/h9-10,13H,3-8H2,1-2H3,(H,14,15). The quantitative estimate of drug-likeness (QED) is 0.738. The molecule has 0 aromatic rings. The van der Waals surface area contributed by atoms with Gasteiger partial charge in [-0.2, -0.15) is 0 Å². The number of ether oxygens (including phenoxy) is 1. The van der Waals surface area contributed by atoms with Crippen LogP contribution in [0.1, 0.15) is 26.7 Å². The number of carbonyl (C=O) groups excluding carboxylic acids is 1. The highest BCUT2D eigenvalue weighted by atomic mass is 16.5. The van der Waals surface area contributed by atoms with Gasteiger partial charge in [0.1, 0.15) is 0 Å². The molecule has 2 fully saturated rings. The topological polar surface area (TPSA) is 50.4 Å². The van der Waals surface area contributed by atoms with E-state index in [2.05, 4.69) is 24.5 Å². The summed E-state index contributed by atoms with van der Waals surface area (Å²) in [5.74, 6) is 0.747. The molecule has 2 rings (SSSR count). The van der Waals surface area contributed by atoms with Crippen LogP contribution in [0, 0.1) is 11.8 Å². The van der Waals surface area contributed by atoms with Gasteiger partial charge in [-0.1, -0.05) is 6.92 Å². The summed E-state index contributed by atoms with van der Waals surface area (Å²) in [6.07, 6.45) is 2.15. The molecule has 1 amide bonds. The van der Waals surface area contributed by atoms with E-state index < -0.39 is 0 Å². The van der Waals surface area contributed by atoms with Crippen molar-refractivity contribution >= 4 is 5.91 Å². The third-order valence-electron chi connectivity index (χ3n) is 3.79. The maximum atomic E-state index is 11.9. The molecule has 2 saturated heterocycles. The molecule has 4 nitrogen and oxygen atoms in total. The lowest BCUT2D eigenvalue weighted by Crippen LogP contribution is -2.43. The lowest BCUT2D eigenvalue weighted by Gasteiger charge is -2.24. The molecule has 0 bridgehead atoms. The Balaban J connectivity index is 1.79. The van der Waals surface area contributed by atoms with Crippen molar-refractivity contribution in [2.24, 2.45) is 11.8 Å². The fraction of sp³-hybridized carbons (Fsp3) is 0.917. The molecule has 2 heterocycles. The van der Waals surface area contributed by atoms with Crippen LogP contribution in [0.4, 0.5) is 0 Å². The Bertz CT molecular complexity index is 262. The van der Waals surface area contributed by atoms with Gasteiger partial charge in [0.15, 0.2) is 0 Å². The first kappa shape index (κ1) is 11.9. The highest BCUT2D eigenvalue weighted by molar-refractivity contribution is 5.79. The predicted octanol–water partition coefficient (Wildman–Crippen LogP) is 0.527. The lowest BCUT2D eigenvalue weighted by molar-refractivity contribution is -0.126. The SMILES string of the molecule is CC1CNCC1C(=O)NCC1(C)CCCO1. The van der Waals surface area contributed by atoms with Crippen molar-refractivity contribution in [1.82, 2.24) is 10.6 Å². The molecule has 0 aromatic heterocycles. The normalized spacial score (nSPS) is 38.9. The maximum absolute atomic E-state index is 11.9. The van der Waals surface area contributed by atoms with Gasteiger partial charge in [0.2, 0.25) is 5.91 Å². The summed E-state index contributed by atoms with van der Waals surface area (Å²) >= 11 is 0. The minimum absolute atomic E-state index is 0.130. The third kappa shape index (κ3) is 2.55. The van der Waals surface area contributed by atoms with Crippen molar-refractivity contribution in [2.45, 2.75) is 32.3 Å². The summed E-state index contributed by atoms with van der Waals surface area (Å²) in [4.78, 5) is 11.9. The molecule has 4 heteroatoms. The minimum atomic E-state index is -0.134. The average molecular weight is 226 g/mol. The van der Waals surface area contributed by atoms with Crippen LogP contribution in [0.5, 0.6) is 0 Å². The van der Waals surface area contributed by atoms with Gasteiger partial charge < -0.3 is 15.4 Å². The van der Waals surface area contributed by atoms with Crippen molar-refractivity contribution in [2.75, 3.05) is 26.2 Å². The Hall–Kier alpha value is -0.610. The molecule has 2 aliphatic rings. The monoisotopic (exact) mass is 226 g/mol. The largest absolute Gasteiger partial charge is 0.373 e. The number of rotatable bonds is 3. The van der Waals surface area contributed by atoms with Crippen LogP contribution in [0.25, 0.3) is 0 Å². The maximum Gasteiger partial charge on any atom is 0.224 e. The van der Waals surface area contributed by atoms with Crippen LogP contribution in [-0.2, 0) is 9.53 Å². The van der Waals surface area contributed by atoms with Crippen molar-refractivity contribution in [3.8, 4) is 0 Å². The van der Waals surface area contributed by atoms with Crippen LogP contribution in [0.2, 0.25) is 0 Å². The molecule has 0 saturated carbocycles. The Kier molecular flexibility index (Phi) is 3.50. The molecule has 0 spiro atoms. The predicted molar refractivity (Wildman–Crippen MR) is 62.1 cm³/mol. The van der Waals surface area contributed by atoms with E-state index in [0.717, 1.165) is 32.5 Å². The summed E-state index contributed by atoms with van der Waals surface area (Å²) in [5, 5.41) is 6.28. The van der Waals surface area contributed by atoms with E-state index in [1.54, 1.807) is 0 Å². The summed E-state index contributed by atoms with van der Waals surface area (Å²) in [5.41, 5.74) is -0.134. The van der Waals surface area contributed by atoms with Gasteiger partial charge in [-0.05, 0) is 32.2 Å². The molecule has 3 atom stereocenters. The van der Waals surface area contributed by atoms with E-state index in [0.29, 0.717) is 12.5 Å². The van der Waals surface area contributed by atoms with Gasteiger partial charge in [-0.3, -0.25) is 4.79 Å². The van der Waals surface area contributed by atoms with Crippen molar-refractivity contribution in [1.29, 1.82) is 0 Å². The summed E-state index contributed by atoms with van der Waals surface area (Å²) < 4.78 is 5.65. The van der Waals surface area contributed by atoms with Gasteiger partial charge in [0, 0.05) is 19.7 Å². The fourth-order valence-electron chi connectivity index (χ4n) is 2.54. The number of hydrogen-bond acceptors (Lipinski definition) is 3. The zero-order valence-electron chi connectivity index (χ0n) is 10.2. The summed E-state index contributed by atoms with van der Waals surface area (Å²) in [6.45, 7) is 7.44. The van der Waals surface area contributed by atoms with E-state index in [-0.39, 0.29) is 17.4 Å². The van der Waals surface area contributed by atoms with E-state index >= 15 is 0 Å². The van der Waals surface area contributed by atoms with Crippen molar-refractivity contribution < 1.29 is 9.53 Å². The van der Waals surface area contributed by atoms with Crippen LogP contribution < -0.4 is 10.6 Å². The van der Waals surface area contributed by atoms with E-state index in [4.69, 9.17) is 4.74 Å². The molecule has 0 radical (unpaired) electrons. The summed E-state index contributed by atoms with van der Waals surface area (Å²) in [7, 11) is 0. The van der Waals surface area contributed by atoms with Crippen LogP contribution in [0.15, 0.2) is 0 Å². The van der Waals surface area contributed by atoms with Gasteiger partial charge in [-0.15, -0.1) is 0 Å². The lowest BCUT2D eigenvalue weighted by atomic mass is 9.96. The first-order valence-electron chi connectivity index (χ1n) is 6.23. The third-order valence-corrected chi connectivity index (χ3v) is 3.79. The second-order valence-corrected chi connectivity index (χ2v) is 5.36. The number of hydrogen-bond donors (Lipinski definition) is 2. The van der Waals surface area contributed by atoms with Gasteiger partial charge in [0.05, 0.1) is 11.5 Å².